The smallest absolute Gasteiger partial charge is 0.221 e. The monoisotopic (exact) mass is 400 g/mol. The van der Waals surface area contributed by atoms with Crippen molar-refractivity contribution in [2.45, 2.75) is 23.9 Å². The number of thioether (sulfide) groups is 1. The summed E-state index contributed by atoms with van der Waals surface area (Å²) in [5.74, 6) is 2.01. The molecule has 4 heterocycles. The fraction of sp³-hybridized carbons (Fsp3) is 0.389. The van der Waals surface area contributed by atoms with Crippen molar-refractivity contribution in [3.05, 3.63) is 36.3 Å². The van der Waals surface area contributed by atoms with Gasteiger partial charge in [-0.25, -0.2) is 15.0 Å². The molecule has 0 bridgehead atoms. The molecule has 0 aromatic carbocycles. The SMILES string of the molecule is CSc1ncc(-c2ccc(F)nc2)c(N2CCC(c3nnc(N)n3C)CC2)n1. The third kappa shape index (κ3) is 3.51. The van der Waals surface area contributed by atoms with Crippen molar-refractivity contribution in [1.82, 2.24) is 29.7 Å². The number of rotatable bonds is 4. The lowest BCUT2D eigenvalue weighted by Gasteiger charge is -2.33. The number of anilines is 2. The quantitative estimate of drug-likeness (QED) is 0.405. The van der Waals surface area contributed by atoms with Crippen LogP contribution in [0, 0.1) is 5.95 Å². The summed E-state index contributed by atoms with van der Waals surface area (Å²) < 4.78 is 15.1. The Balaban J connectivity index is 1.60. The van der Waals surface area contributed by atoms with Crippen LogP contribution in [0.25, 0.3) is 11.1 Å². The van der Waals surface area contributed by atoms with Crippen LogP contribution < -0.4 is 10.6 Å². The molecule has 1 saturated heterocycles. The van der Waals surface area contributed by atoms with Gasteiger partial charge in [-0.2, -0.15) is 4.39 Å². The van der Waals surface area contributed by atoms with E-state index in [9.17, 15) is 4.39 Å². The second kappa shape index (κ2) is 7.70. The van der Waals surface area contributed by atoms with Gasteiger partial charge in [-0.15, -0.1) is 10.2 Å². The van der Waals surface area contributed by atoms with Crippen LogP contribution >= 0.6 is 11.8 Å². The Hall–Kier alpha value is -2.75. The number of hydrogen-bond acceptors (Lipinski definition) is 8. The van der Waals surface area contributed by atoms with Gasteiger partial charge in [0.15, 0.2) is 5.16 Å². The maximum absolute atomic E-state index is 13.2. The average Bonchev–Trinajstić information content (AvgIpc) is 3.07. The molecule has 0 atom stereocenters. The summed E-state index contributed by atoms with van der Waals surface area (Å²) >= 11 is 1.50. The van der Waals surface area contributed by atoms with E-state index in [4.69, 9.17) is 10.7 Å². The topological polar surface area (TPSA) is 98.6 Å². The van der Waals surface area contributed by atoms with E-state index in [1.807, 2.05) is 17.9 Å². The highest BCUT2D eigenvalue weighted by atomic mass is 32.2. The lowest BCUT2D eigenvalue weighted by atomic mass is 9.95. The maximum atomic E-state index is 13.2. The van der Waals surface area contributed by atoms with Gasteiger partial charge in [-0.3, -0.25) is 0 Å². The van der Waals surface area contributed by atoms with Crippen molar-refractivity contribution in [1.29, 1.82) is 0 Å². The molecule has 0 spiro atoms. The van der Waals surface area contributed by atoms with E-state index < -0.39 is 5.95 Å². The molecule has 8 nitrogen and oxygen atoms in total. The van der Waals surface area contributed by atoms with E-state index in [0.29, 0.717) is 17.0 Å². The number of hydrogen-bond donors (Lipinski definition) is 1. The summed E-state index contributed by atoms with van der Waals surface area (Å²) in [5, 5.41) is 8.91. The normalized spacial score (nSPS) is 15.2. The number of pyridine rings is 1. The molecule has 28 heavy (non-hydrogen) atoms. The van der Waals surface area contributed by atoms with Crippen LogP contribution in [0.4, 0.5) is 16.2 Å². The van der Waals surface area contributed by atoms with Gasteiger partial charge in [0.2, 0.25) is 11.9 Å². The largest absolute Gasteiger partial charge is 0.368 e. The fourth-order valence-electron chi connectivity index (χ4n) is 3.49. The fourth-order valence-corrected chi connectivity index (χ4v) is 3.83. The van der Waals surface area contributed by atoms with E-state index in [-0.39, 0.29) is 0 Å². The molecule has 0 amide bonds. The Morgan fingerprint density at radius 2 is 1.93 bits per heavy atom. The molecule has 2 N–H and O–H groups in total. The van der Waals surface area contributed by atoms with Gasteiger partial charge in [0.25, 0.3) is 0 Å². The predicted octanol–water partition coefficient (Wildman–Crippen LogP) is 2.49. The van der Waals surface area contributed by atoms with E-state index >= 15 is 0 Å². The first-order valence-electron chi connectivity index (χ1n) is 8.99. The second-order valence-corrected chi connectivity index (χ2v) is 7.47. The zero-order chi connectivity index (χ0) is 19.7. The second-order valence-electron chi connectivity index (χ2n) is 6.70. The lowest BCUT2D eigenvalue weighted by Crippen LogP contribution is -2.34. The molecule has 10 heteroatoms. The third-order valence-corrected chi connectivity index (χ3v) is 5.63. The van der Waals surface area contributed by atoms with Gasteiger partial charge < -0.3 is 15.2 Å². The first-order chi connectivity index (χ1) is 13.6. The molecule has 146 valence electrons. The van der Waals surface area contributed by atoms with Crippen LogP contribution in [0.3, 0.4) is 0 Å². The van der Waals surface area contributed by atoms with Crippen molar-refractivity contribution in [3.63, 3.8) is 0 Å². The third-order valence-electron chi connectivity index (χ3n) is 5.07. The van der Waals surface area contributed by atoms with Gasteiger partial charge in [0.1, 0.15) is 11.6 Å². The molecule has 1 aliphatic heterocycles. The lowest BCUT2D eigenvalue weighted by molar-refractivity contribution is 0.472. The predicted molar refractivity (Wildman–Crippen MR) is 107 cm³/mol. The van der Waals surface area contributed by atoms with E-state index in [1.165, 1.54) is 24.0 Å². The summed E-state index contributed by atoms with van der Waals surface area (Å²) in [5.41, 5.74) is 7.47. The van der Waals surface area contributed by atoms with Crippen molar-refractivity contribution >= 4 is 23.5 Å². The van der Waals surface area contributed by atoms with E-state index in [0.717, 1.165) is 48.7 Å². The number of nitrogens with zero attached hydrogens (tertiary/aromatic N) is 7. The highest BCUT2D eigenvalue weighted by Crippen LogP contribution is 2.34. The molecular formula is C18H21FN8S. The van der Waals surface area contributed by atoms with E-state index in [1.54, 1.807) is 12.3 Å². The molecule has 3 aromatic heterocycles. The van der Waals surface area contributed by atoms with Crippen molar-refractivity contribution in [3.8, 4) is 11.1 Å². The zero-order valence-electron chi connectivity index (χ0n) is 15.7. The molecular weight excluding hydrogens is 379 g/mol. The summed E-state index contributed by atoms with van der Waals surface area (Å²) in [6.07, 6.45) is 7.10. The first-order valence-corrected chi connectivity index (χ1v) is 10.2. The average molecular weight is 400 g/mol. The Bertz CT molecular complexity index is 966. The van der Waals surface area contributed by atoms with Crippen LogP contribution in [-0.4, -0.2) is 49.1 Å². The molecule has 0 aliphatic carbocycles. The molecule has 1 aliphatic rings. The molecule has 3 aromatic rings. The molecule has 0 unspecified atom stereocenters. The van der Waals surface area contributed by atoms with Crippen LogP contribution in [0.15, 0.2) is 29.7 Å². The first kappa shape index (κ1) is 18.6. The van der Waals surface area contributed by atoms with Crippen LogP contribution in [-0.2, 0) is 7.05 Å². The van der Waals surface area contributed by atoms with Crippen LogP contribution in [0.2, 0.25) is 0 Å². The minimum absolute atomic E-state index is 0.309. The van der Waals surface area contributed by atoms with Gasteiger partial charge in [0.05, 0.1) is 0 Å². The van der Waals surface area contributed by atoms with Crippen molar-refractivity contribution in [2.24, 2.45) is 7.05 Å². The summed E-state index contributed by atoms with van der Waals surface area (Å²) in [4.78, 5) is 15.2. The highest BCUT2D eigenvalue weighted by Gasteiger charge is 2.27. The molecule has 0 saturated carbocycles. The number of piperidine rings is 1. The van der Waals surface area contributed by atoms with Gasteiger partial charge in [-0.05, 0) is 31.2 Å². The number of halogens is 1. The Morgan fingerprint density at radius 1 is 1.14 bits per heavy atom. The van der Waals surface area contributed by atoms with Crippen molar-refractivity contribution < 1.29 is 4.39 Å². The summed E-state index contributed by atoms with van der Waals surface area (Å²) in [6.45, 7) is 1.65. The zero-order valence-corrected chi connectivity index (χ0v) is 16.5. The van der Waals surface area contributed by atoms with Gasteiger partial charge in [0, 0.05) is 49.6 Å². The standard InChI is InChI=1S/C18H21FN8S/c1-26-15(24-25-17(26)20)11-5-7-27(8-6-11)16-13(10-22-18(23-16)28-2)12-3-4-14(19)21-9-12/h3-4,9-11H,5-8H2,1-2H3,(H2,20,25). The number of nitrogen functional groups attached to an aromatic ring is 1. The summed E-state index contributed by atoms with van der Waals surface area (Å²) in [7, 11) is 1.89. The minimum atomic E-state index is -0.504. The van der Waals surface area contributed by atoms with Crippen LogP contribution in [0.5, 0.6) is 0 Å². The van der Waals surface area contributed by atoms with Crippen LogP contribution in [0.1, 0.15) is 24.6 Å². The Kier molecular flexibility index (Phi) is 5.12. The Morgan fingerprint density at radius 3 is 2.54 bits per heavy atom. The highest BCUT2D eigenvalue weighted by molar-refractivity contribution is 7.98. The van der Waals surface area contributed by atoms with Gasteiger partial charge in [-0.1, -0.05) is 11.8 Å². The van der Waals surface area contributed by atoms with Crippen molar-refractivity contribution in [2.75, 3.05) is 30.0 Å². The molecule has 0 radical (unpaired) electrons. The number of aromatic nitrogens is 6. The maximum Gasteiger partial charge on any atom is 0.221 e. The molecule has 4 rings (SSSR count). The van der Waals surface area contributed by atoms with E-state index in [2.05, 4.69) is 25.1 Å². The minimum Gasteiger partial charge on any atom is -0.368 e. The Labute approximate surface area is 166 Å². The molecule has 1 fully saturated rings. The summed E-state index contributed by atoms with van der Waals surface area (Å²) in [6, 6.07) is 3.06. The number of nitrogens with two attached hydrogens (primary N) is 1. The van der Waals surface area contributed by atoms with Gasteiger partial charge >= 0.3 is 0 Å².